The molecule has 0 spiro atoms. The SMILES string of the molecule is FC(F)(F)c1ccn(CCO[C@@H]2CCCCO2)n1. The molecule has 0 bridgehead atoms. The van der Waals surface area contributed by atoms with E-state index >= 15 is 0 Å². The first-order valence-electron chi connectivity index (χ1n) is 5.89. The lowest BCUT2D eigenvalue weighted by molar-refractivity contribution is -0.164. The number of rotatable bonds is 4. The van der Waals surface area contributed by atoms with Crippen molar-refractivity contribution in [2.45, 2.75) is 38.3 Å². The standard InChI is InChI=1S/C11H15F3N2O2/c12-11(13,14)9-4-5-16(15-9)6-8-18-10-3-1-2-7-17-10/h4-5,10H,1-3,6-8H2/t10-/m1/s1. The van der Waals surface area contributed by atoms with E-state index in [1.165, 1.54) is 10.9 Å². The van der Waals surface area contributed by atoms with Gasteiger partial charge in [0.2, 0.25) is 0 Å². The van der Waals surface area contributed by atoms with Gasteiger partial charge in [-0.1, -0.05) is 0 Å². The molecule has 1 atom stereocenters. The first-order valence-corrected chi connectivity index (χ1v) is 5.89. The minimum atomic E-state index is -4.39. The normalized spacial score (nSPS) is 21.2. The van der Waals surface area contributed by atoms with Crippen molar-refractivity contribution in [3.63, 3.8) is 0 Å². The molecule has 7 heteroatoms. The first-order chi connectivity index (χ1) is 8.55. The second-order valence-electron chi connectivity index (χ2n) is 4.13. The predicted molar refractivity (Wildman–Crippen MR) is 56.8 cm³/mol. The van der Waals surface area contributed by atoms with Gasteiger partial charge in [-0.25, -0.2) is 0 Å². The summed E-state index contributed by atoms with van der Waals surface area (Å²) < 4.78 is 48.9. The molecule has 1 saturated heterocycles. The second kappa shape index (κ2) is 5.71. The van der Waals surface area contributed by atoms with Gasteiger partial charge in [-0.2, -0.15) is 18.3 Å². The lowest BCUT2D eigenvalue weighted by Crippen LogP contribution is -2.24. The Balaban J connectivity index is 1.74. The van der Waals surface area contributed by atoms with Crippen LogP contribution >= 0.6 is 0 Å². The van der Waals surface area contributed by atoms with Crippen LogP contribution in [-0.2, 0) is 22.2 Å². The van der Waals surface area contributed by atoms with Crippen LogP contribution in [0, 0.1) is 0 Å². The van der Waals surface area contributed by atoms with Crippen LogP contribution in [-0.4, -0.2) is 29.3 Å². The summed E-state index contributed by atoms with van der Waals surface area (Å²) in [5.74, 6) is 0. The van der Waals surface area contributed by atoms with Crippen LogP contribution < -0.4 is 0 Å². The van der Waals surface area contributed by atoms with Crippen LogP contribution in [0.15, 0.2) is 12.3 Å². The number of aromatic nitrogens is 2. The van der Waals surface area contributed by atoms with E-state index in [2.05, 4.69) is 5.10 Å². The molecule has 1 aromatic heterocycles. The van der Waals surface area contributed by atoms with Crippen LogP contribution in [0.1, 0.15) is 25.0 Å². The highest BCUT2D eigenvalue weighted by Crippen LogP contribution is 2.27. The quantitative estimate of drug-likeness (QED) is 0.838. The maximum absolute atomic E-state index is 12.3. The van der Waals surface area contributed by atoms with Gasteiger partial charge in [0.25, 0.3) is 0 Å². The molecule has 1 aromatic rings. The number of nitrogens with zero attached hydrogens (tertiary/aromatic N) is 2. The average Bonchev–Trinajstić information content (AvgIpc) is 2.79. The Morgan fingerprint density at radius 1 is 1.44 bits per heavy atom. The van der Waals surface area contributed by atoms with Gasteiger partial charge in [0.05, 0.1) is 13.2 Å². The minimum Gasteiger partial charge on any atom is -0.353 e. The zero-order valence-electron chi connectivity index (χ0n) is 9.82. The maximum atomic E-state index is 12.3. The molecule has 1 aliphatic rings. The smallest absolute Gasteiger partial charge is 0.353 e. The van der Waals surface area contributed by atoms with E-state index in [9.17, 15) is 13.2 Å². The average molecular weight is 264 g/mol. The molecule has 1 aliphatic heterocycles. The molecule has 0 radical (unpaired) electrons. The number of hydrogen-bond acceptors (Lipinski definition) is 3. The third-order valence-electron chi connectivity index (χ3n) is 2.69. The number of halogens is 3. The van der Waals surface area contributed by atoms with Gasteiger partial charge in [0.1, 0.15) is 0 Å². The number of alkyl halides is 3. The Morgan fingerprint density at radius 2 is 2.28 bits per heavy atom. The highest BCUT2D eigenvalue weighted by atomic mass is 19.4. The molecule has 0 N–H and O–H groups in total. The van der Waals surface area contributed by atoms with Crippen LogP contribution in [0.3, 0.4) is 0 Å². The van der Waals surface area contributed by atoms with E-state index in [0.717, 1.165) is 25.3 Å². The fraction of sp³-hybridized carbons (Fsp3) is 0.727. The molecule has 1 fully saturated rings. The second-order valence-corrected chi connectivity index (χ2v) is 4.13. The summed E-state index contributed by atoms with van der Waals surface area (Å²) in [7, 11) is 0. The van der Waals surface area contributed by atoms with Crippen molar-refractivity contribution in [1.82, 2.24) is 9.78 Å². The number of hydrogen-bond donors (Lipinski definition) is 0. The Labute approximate surface area is 103 Å². The monoisotopic (exact) mass is 264 g/mol. The molecule has 102 valence electrons. The van der Waals surface area contributed by atoms with Crippen molar-refractivity contribution in [1.29, 1.82) is 0 Å². The summed E-state index contributed by atoms with van der Waals surface area (Å²) >= 11 is 0. The zero-order valence-corrected chi connectivity index (χ0v) is 9.82. The predicted octanol–water partition coefficient (Wildman–Crippen LogP) is 2.45. The van der Waals surface area contributed by atoms with Crippen LogP contribution in [0.25, 0.3) is 0 Å². The molecule has 0 unspecified atom stereocenters. The van der Waals surface area contributed by atoms with E-state index in [-0.39, 0.29) is 12.8 Å². The third kappa shape index (κ3) is 3.71. The molecule has 0 aliphatic carbocycles. The summed E-state index contributed by atoms with van der Waals surface area (Å²) in [6.07, 6.45) is -0.380. The minimum absolute atomic E-state index is 0.226. The Bertz CT molecular complexity index is 373. The van der Waals surface area contributed by atoms with Gasteiger partial charge in [0.15, 0.2) is 12.0 Å². The van der Waals surface area contributed by atoms with Crippen molar-refractivity contribution in [2.24, 2.45) is 0 Å². The van der Waals surface area contributed by atoms with Crippen LogP contribution in [0.2, 0.25) is 0 Å². The van der Waals surface area contributed by atoms with Crippen molar-refractivity contribution in [2.75, 3.05) is 13.2 Å². The van der Waals surface area contributed by atoms with E-state index in [4.69, 9.17) is 9.47 Å². The summed E-state index contributed by atoms with van der Waals surface area (Å²) in [5.41, 5.74) is -0.878. The van der Waals surface area contributed by atoms with Crippen molar-refractivity contribution >= 4 is 0 Å². The van der Waals surface area contributed by atoms with Gasteiger partial charge in [-0.15, -0.1) is 0 Å². The van der Waals surface area contributed by atoms with Gasteiger partial charge in [-0.05, 0) is 25.3 Å². The summed E-state index contributed by atoms with van der Waals surface area (Å²) in [6, 6.07) is 0.955. The van der Waals surface area contributed by atoms with Gasteiger partial charge < -0.3 is 9.47 Å². The van der Waals surface area contributed by atoms with E-state index < -0.39 is 11.9 Å². The van der Waals surface area contributed by atoms with Crippen molar-refractivity contribution < 1.29 is 22.6 Å². The molecular weight excluding hydrogens is 249 g/mol. The van der Waals surface area contributed by atoms with E-state index in [1.54, 1.807) is 0 Å². The fourth-order valence-electron chi connectivity index (χ4n) is 1.76. The van der Waals surface area contributed by atoms with Gasteiger partial charge in [-0.3, -0.25) is 4.68 Å². The Kier molecular flexibility index (Phi) is 4.23. The first kappa shape index (κ1) is 13.4. The van der Waals surface area contributed by atoms with Crippen molar-refractivity contribution in [3.05, 3.63) is 18.0 Å². The molecule has 0 amide bonds. The van der Waals surface area contributed by atoms with Crippen LogP contribution in [0.4, 0.5) is 13.2 Å². The third-order valence-corrected chi connectivity index (χ3v) is 2.69. The molecule has 2 rings (SSSR count). The maximum Gasteiger partial charge on any atom is 0.435 e. The fourth-order valence-corrected chi connectivity index (χ4v) is 1.76. The van der Waals surface area contributed by atoms with E-state index in [1.807, 2.05) is 0 Å². The summed E-state index contributed by atoms with van der Waals surface area (Å²) in [4.78, 5) is 0. The van der Waals surface area contributed by atoms with Gasteiger partial charge in [0, 0.05) is 12.8 Å². The largest absolute Gasteiger partial charge is 0.435 e. The van der Waals surface area contributed by atoms with Gasteiger partial charge >= 0.3 is 6.18 Å². The summed E-state index contributed by atoms with van der Waals surface area (Å²) in [6.45, 7) is 1.27. The molecular formula is C11H15F3N2O2. The highest BCUT2D eigenvalue weighted by molar-refractivity contribution is 5.03. The highest BCUT2D eigenvalue weighted by Gasteiger charge is 2.33. The summed E-state index contributed by atoms with van der Waals surface area (Å²) in [5, 5.41) is 3.44. The Hall–Kier alpha value is -1.08. The number of ether oxygens (including phenoxy) is 2. The topological polar surface area (TPSA) is 36.3 Å². The molecule has 0 saturated carbocycles. The zero-order chi connectivity index (χ0) is 13.0. The van der Waals surface area contributed by atoms with Crippen LogP contribution in [0.5, 0.6) is 0 Å². The van der Waals surface area contributed by atoms with Crippen molar-refractivity contribution in [3.8, 4) is 0 Å². The molecule has 0 aromatic carbocycles. The molecule has 18 heavy (non-hydrogen) atoms. The molecule has 4 nitrogen and oxygen atoms in total. The Morgan fingerprint density at radius 3 is 2.89 bits per heavy atom. The molecule has 2 heterocycles. The lowest BCUT2D eigenvalue weighted by atomic mass is 10.2. The lowest BCUT2D eigenvalue weighted by Gasteiger charge is -2.22. The van der Waals surface area contributed by atoms with E-state index in [0.29, 0.717) is 13.2 Å².